The Bertz CT molecular complexity index is 596. The summed E-state index contributed by atoms with van der Waals surface area (Å²) in [7, 11) is 0. The van der Waals surface area contributed by atoms with Crippen LogP contribution in [0.25, 0.3) is 0 Å². The van der Waals surface area contributed by atoms with Gasteiger partial charge in [-0.25, -0.2) is 0 Å². The molecule has 0 atom stereocenters. The molecular formula is C17H20N2OS. The second-order valence-corrected chi connectivity index (χ2v) is 5.93. The van der Waals surface area contributed by atoms with E-state index in [9.17, 15) is 0 Å². The zero-order chi connectivity index (χ0) is 15.1. The normalized spacial score (nSPS) is 10.3. The average molecular weight is 300 g/mol. The van der Waals surface area contributed by atoms with Crippen LogP contribution in [0.15, 0.2) is 48.5 Å². The SMILES string of the molecule is Cc1cccc(CSCCOc2ccc(C(=N)N)cc2)c1. The van der Waals surface area contributed by atoms with Crippen LogP contribution in [-0.2, 0) is 5.75 Å². The number of rotatable bonds is 7. The molecule has 21 heavy (non-hydrogen) atoms. The highest BCUT2D eigenvalue weighted by atomic mass is 32.2. The Morgan fingerprint density at radius 1 is 1.19 bits per heavy atom. The average Bonchev–Trinajstić information content (AvgIpc) is 2.47. The second kappa shape index (κ2) is 7.74. The molecule has 0 radical (unpaired) electrons. The van der Waals surface area contributed by atoms with Gasteiger partial charge in [0.1, 0.15) is 11.6 Å². The lowest BCUT2D eigenvalue weighted by molar-refractivity contribution is 0.344. The molecule has 0 aliphatic rings. The van der Waals surface area contributed by atoms with Crippen molar-refractivity contribution in [3.63, 3.8) is 0 Å². The summed E-state index contributed by atoms with van der Waals surface area (Å²) in [6, 6.07) is 15.9. The smallest absolute Gasteiger partial charge is 0.122 e. The van der Waals surface area contributed by atoms with Crippen molar-refractivity contribution in [1.29, 1.82) is 5.41 Å². The fourth-order valence-corrected chi connectivity index (χ4v) is 2.70. The van der Waals surface area contributed by atoms with E-state index < -0.39 is 0 Å². The van der Waals surface area contributed by atoms with Crippen LogP contribution in [0.5, 0.6) is 5.75 Å². The second-order valence-electron chi connectivity index (χ2n) is 4.83. The first-order valence-corrected chi connectivity index (χ1v) is 8.01. The van der Waals surface area contributed by atoms with Crippen molar-refractivity contribution in [1.82, 2.24) is 0 Å². The van der Waals surface area contributed by atoms with Gasteiger partial charge in [0, 0.05) is 17.1 Å². The molecule has 0 spiro atoms. The highest BCUT2D eigenvalue weighted by Gasteiger charge is 1.98. The van der Waals surface area contributed by atoms with Crippen molar-refractivity contribution in [3.05, 3.63) is 65.2 Å². The molecule has 4 heteroatoms. The summed E-state index contributed by atoms with van der Waals surface area (Å²) in [4.78, 5) is 0. The molecule has 2 aromatic carbocycles. The molecule has 0 heterocycles. The van der Waals surface area contributed by atoms with Crippen molar-refractivity contribution >= 4 is 17.6 Å². The largest absolute Gasteiger partial charge is 0.493 e. The van der Waals surface area contributed by atoms with Crippen LogP contribution in [0.2, 0.25) is 0 Å². The van der Waals surface area contributed by atoms with Crippen LogP contribution >= 0.6 is 11.8 Å². The zero-order valence-corrected chi connectivity index (χ0v) is 13.0. The first kappa shape index (κ1) is 15.4. The van der Waals surface area contributed by atoms with Crippen LogP contribution < -0.4 is 10.5 Å². The summed E-state index contributed by atoms with van der Waals surface area (Å²) in [6.45, 7) is 2.79. The Labute approximate surface area is 130 Å². The van der Waals surface area contributed by atoms with E-state index >= 15 is 0 Å². The van der Waals surface area contributed by atoms with E-state index in [1.54, 1.807) is 12.1 Å². The van der Waals surface area contributed by atoms with E-state index in [2.05, 4.69) is 31.2 Å². The number of hydrogen-bond acceptors (Lipinski definition) is 3. The number of thioether (sulfide) groups is 1. The lowest BCUT2D eigenvalue weighted by Gasteiger charge is -2.07. The minimum Gasteiger partial charge on any atom is -0.493 e. The molecule has 0 bridgehead atoms. The topological polar surface area (TPSA) is 59.1 Å². The van der Waals surface area contributed by atoms with Gasteiger partial charge in [0.15, 0.2) is 0 Å². The Hall–Kier alpha value is -1.94. The monoisotopic (exact) mass is 300 g/mol. The molecular weight excluding hydrogens is 280 g/mol. The Balaban J connectivity index is 1.69. The minimum atomic E-state index is 0.0789. The van der Waals surface area contributed by atoms with Crippen LogP contribution in [-0.4, -0.2) is 18.2 Å². The number of aryl methyl sites for hydroxylation is 1. The third-order valence-corrected chi connectivity index (χ3v) is 4.01. The zero-order valence-electron chi connectivity index (χ0n) is 12.1. The van der Waals surface area contributed by atoms with E-state index in [1.807, 2.05) is 23.9 Å². The van der Waals surface area contributed by atoms with E-state index in [1.165, 1.54) is 11.1 Å². The molecule has 0 saturated heterocycles. The summed E-state index contributed by atoms with van der Waals surface area (Å²) >= 11 is 1.86. The maximum absolute atomic E-state index is 7.33. The Kier molecular flexibility index (Phi) is 5.69. The number of hydrogen-bond donors (Lipinski definition) is 2. The molecule has 110 valence electrons. The maximum Gasteiger partial charge on any atom is 0.122 e. The fraction of sp³-hybridized carbons (Fsp3) is 0.235. The van der Waals surface area contributed by atoms with Gasteiger partial charge in [-0.2, -0.15) is 11.8 Å². The number of nitrogens with two attached hydrogens (primary N) is 1. The van der Waals surface area contributed by atoms with Gasteiger partial charge in [-0.3, -0.25) is 5.41 Å². The van der Waals surface area contributed by atoms with Gasteiger partial charge in [0.05, 0.1) is 6.61 Å². The first-order valence-electron chi connectivity index (χ1n) is 6.86. The van der Waals surface area contributed by atoms with Crippen LogP contribution in [0.4, 0.5) is 0 Å². The number of nitrogen functional groups attached to an aromatic ring is 1. The van der Waals surface area contributed by atoms with Crippen molar-refractivity contribution in [2.45, 2.75) is 12.7 Å². The molecule has 0 unspecified atom stereocenters. The molecule has 0 aliphatic carbocycles. The summed E-state index contributed by atoms with van der Waals surface area (Å²) < 4.78 is 5.67. The molecule has 2 rings (SSSR count). The highest BCUT2D eigenvalue weighted by molar-refractivity contribution is 7.98. The van der Waals surface area contributed by atoms with Crippen LogP contribution in [0, 0.1) is 12.3 Å². The lowest BCUT2D eigenvalue weighted by atomic mass is 10.2. The maximum atomic E-state index is 7.33. The summed E-state index contributed by atoms with van der Waals surface area (Å²) in [5.41, 5.74) is 8.78. The van der Waals surface area contributed by atoms with Crippen LogP contribution in [0.3, 0.4) is 0 Å². The molecule has 0 aromatic heterocycles. The van der Waals surface area contributed by atoms with Crippen LogP contribution in [0.1, 0.15) is 16.7 Å². The van der Waals surface area contributed by atoms with E-state index in [0.717, 1.165) is 22.8 Å². The van der Waals surface area contributed by atoms with Gasteiger partial charge >= 0.3 is 0 Å². The number of ether oxygens (including phenoxy) is 1. The van der Waals surface area contributed by atoms with E-state index in [4.69, 9.17) is 15.9 Å². The van der Waals surface area contributed by atoms with Crippen molar-refractivity contribution in [3.8, 4) is 5.75 Å². The quantitative estimate of drug-likeness (QED) is 0.467. The van der Waals surface area contributed by atoms with Gasteiger partial charge in [-0.15, -0.1) is 0 Å². The predicted molar refractivity (Wildman–Crippen MR) is 90.3 cm³/mol. The van der Waals surface area contributed by atoms with Gasteiger partial charge < -0.3 is 10.5 Å². The molecule has 0 fully saturated rings. The molecule has 0 saturated carbocycles. The lowest BCUT2D eigenvalue weighted by Crippen LogP contribution is -2.10. The van der Waals surface area contributed by atoms with E-state index in [0.29, 0.717) is 6.61 Å². The minimum absolute atomic E-state index is 0.0789. The Morgan fingerprint density at radius 3 is 2.62 bits per heavy atom. The fourth-order valence-electron chi connectivity index (χ4n) is 1.94. The van der Waals surface area contributed by atoms with E-state index in [-0.39, 0.29) is 5.84 Å². The number of nitrogens with one attached hydrogen (secondary N) is 1. The van der Waals surface area contributed by atoms with Gasteiger partial charge in [0.25, 0.3) is 0 Å². The molecule has 0 amide bonds. The van der Waals surface area contributed by atoms with Gasteiger partial charge in [-0.1, -0.05) is 29.8 Å². The number of amidine groups is 1. The van der Waals surface area contributed by atoms with Gasteiger partial charge in [-0.05, 0) is 36.8 Å². The molecule has 2 aromatic rings. The summed E-state index contributed by atoms with van der Waals surface area (Å²) in [6.07, 6.45) is 0. The van der Waals surface area contributed by atoms with Crippen molar-refractivity contribution in [2.75, 3.05) is 12.4 Å². The van der Waals surface area contributed by atoms with Crippen molar-refractivity contribution < 1.29 is 4.74 Å². The summed E-state index contributed by atoms with van der Waals surface area (Å²) in [5.74, 6) is 2.85. The number of benzene rings is 2. The molecule has 3 N–H and O–H groups in total. The highest BCUT2D eigenvalue weighted by Crippen LogP contribution is 2.15. The third kappa shape index (κ3) is 5.16. The predicted octanol–water partition coefficient (Wildman–Crippen LogP) is 3.59. The molecule has 3 nitrogen and oxygen atoms in total. The first-order chi connectivity index (χ1) is 10.1. The standard InChI is InChI=1S/C17H20N2OS/c1-13-3-2-4-14(11-13)12-21-10-9-20-16-7-5-15(6-8-16)17(18)19/h2-8,11H,9-10,12H2,1H3,(H3,18,19). The third-order valence-electron chi connectivity index (χ3n) is 3.01. The molecule has 0 aliphatic heterocycles. The van der Waals surface area contributed by atoms with Gasteiger partial charge in [0.2, 0.25) is 0 Å². The van der Waals surface area contributed by atoms with Crippen molar-refractivity contribution in [2.24, 2.45) is 5.73 Å². The summed E-state index contributed by atoms with van der Waals surface area (Å²) in [5, 5.41) is 7.33. The Morgan fingerprint density at radius 2 is 1.95 bits per heavy atom.